The lowest BCUT2D eigenvalue weighted by molar-refractivity contribution is 0.180. The minimum Gasteiger partial charge on any atom is -0.393 e. The lowest BCUT2D eigenvalue weighted by Gasteiger charge is -2.01. The molecule has 0 aliphatic rings. The van der Waals surface area contributed by atoms with Crippen LogP contribution in [-0.2, 0) is 0 Å². The fourth-order valence-corrected chi connectivity index (χ4v) is 0.879. The molecule has 1 atom stereocenters. The Morgan fingerprint density at radius 2 is 2.10 bits per heavy atom. The average Bonchev–Trinajstić information content (AvgIpc) is 1.87. The van der Waals surface area contributed by atoms with Gasteiger partial charge in [-0.05, 0) is 26.2 Å². The lowest BCUT2D eigenvalue weighted by Crippen LogP contribution is -1.97. The molecule has 0 saturated heterocycles. The minimum absolute atomic E-state index is 0.137. The molecule has 1 unspecified atom stereocenters. The third-order valence-electron chi connectivity index (χ3n) is 1.49. The third-order valence-corrected chi connectivity index (χ3v) is 1.49. The normalized spacial score (nSPS) is 13.0. The molecule has 1 radical (unpaired) electrons. The van der Waals surface area contributed by atoms with Gasteiger partial charge in [-0.15, -0.1) is 0 Å². The summed E-state index contributed by atoms with van der Waals surface area (Å²) in [7, 11) is 0. The van der Waals surface area contributed by atoms with Crippen LogP contribution in [0.25, 0.3) is 0 Å². The fourth-order valence-electron chi connectivity index (χ4n) is 0.879. The standard InChI is InChI=1S/C9H17O/c1-3-4-5-6-7-8-9(2)10/h1,3,9-10H,4-8H2,2H3. The first-order valence-electron chi connectivity index (χ1n) is 3.99. The summed E-state index contributed by atoms with van der Waals surface area (Å²) in [6, 6.07) is 0. The molecule has 0 aliphatic heterocycles. The Morgan fingerprint density at radius 1 is 1.40 bits per heavy atom. The van der Waals surface area contributed by atoms with Gasteiger partial charge in [-0.1, -0.05) is 25.5 Å². The van der Waals surface area contributed by atoms with Crippen LogP contribution in [0.3, 0.4) is 0 Å². The topological polar surface area (TPSA) is 20.2 Å². The van der Waals surface area contributed by atoms with Gasteiger partial charge in [0.1, 0.15) is 0 Å². The van der Waals surface area contributed by atoms with Crippen LogP contribution in [0.15, 0.2) is 6.08 Å². The van der Waals surface area contributed by atoms with Crippen LogP contribution in [0.4, 0.5) is 0 Å². The summed E-state index contributed by atoms with van der Waals surface area (Å²) in [5.41, 5.74) is 0. The van der Waals surface area contributed by atoms with E-state index < -0.39 is 0 Å². The number of hydrogen-bond acceptors (Lipinski definition) is 1. The van der Waals surface area contributed by atoms with Crippen LogP contribution >= 0.6 is 0 Å². The van der Waals surface area contributed by atoms with Crippen molar-refractivity contribution >= 4 is 0 Å². The average molecular weight is 141 g/mol. The van der Waals surface area contributed by atoms with Gasteiger partial charge in [0, 0.05) is 0 Å². The third kappa shape index (κ3) is 7.70. The van der Waals surface area contributed by atoms with Crippen LogP contribution in [0.5, 0.6) is 0 Å². The smallest absolute Gasteiger partial charge is 0.0512 e. The summed E-state index contributed by atoms with van der Waals surface area (Å²) in [6.07, 6.45) is 6.93. The number of rotatable bonds is 6. The predicted molar refractivity (Wildman–Crippen MR) is 43.6 cm³/mol. The van der Waals surface area contributed by atoms with Gasteiger partial charge in [0.2, 0.25) is 0 Å². The van der Waals surface area contributed by atoms with Crippen molar-refractivity contribution in [2.24, 2.45) is 0 Å². The van der Waals surface area contributed by atoms with Crippen LogP contribution in [0, 0.1) is 6.58 Å². The summed E-state index contributed by atoms with van der Waals surface area (Å²) in [5.74, 6) is 0. The number of allylic oxidation sites excluding steroid dienone is 1. The van der Waals surface area contributed by atoms with Gasteiger partial charge in [0.25, 0.3) is 0 Å². The molecule has 0 heterocycles. The van der Waals surface area contributed by atoms with Gasteiger partial charge in [0.05, 0.1) is 6.10 Å². The molecule has 0 aromatic heterocycles. The molecular weight excluding hydrogens is 124 g/mol. The van der Waals surface area contributed by atoms with Crippen molar-refractivity contribution in [1.82, 2.24) is 0 Å². The summed E-state index contributed by atoms with van der Waals surface area (Å²) in [6.45, 7) is 7.02. The Bertz CT molecular complexity index is 76.8. The lowest BCUT2D eigenvalue weighted by atomic mass is 10.1. The largest absolute Gasteiger partial charge is 0.393 e. The van der Waals surface area contributed by atoms with Crippen molar-refractivity contribution in [3.63, 3.8) is 0 Å². The highest BCUT2D eigenvalue weighted by molar-refractivity contribution is 4.61. The quantitative estimate of drug-likeness (QED) is 0.563. The van der Waals surface area contributed by atoms with Gasteiger partial charge < -0.3 is 5.11 Å². The number of hydrogen-bond donors (Lipinski definition) is 1. The molecule has 1 heteroatoms. The maximum Gasteiger partial charge on any atom is 0.0512 e. The van der Waals surface area contributed by atoms with Crippen molar-refractivity contribution in [2.75, 3.05) is 0 Å². The summed E-state index contributed by atoms with van der Waals surface area (Å²) >= 11 is 0. The molecular formula is C9H17O. The second kappa shape index (κ2) is 6.81. The van der Waals surface area contributed by atoms with Crippen LogP contribution in [0.2, 0.25) is 0 Å². The number of unbranched alkanes of at least 4 members (excludes halogenated alkanes) is 3. The first-order chi connectivity index (χ1) is 4.77. The van der Waals surface area contributed by atoms with Gasteiger partial charge in [-0.25, -0.2) is 0 Å². The van der Waals surface area contributed by atoms with Crippen molar-refractivity contribution in [2.45, 2.75) is 45.1 Å². The zero-order valence-corrected chi connectivity index (χ0v) is 6.71. The summed E-state index contributed by atoms with van der Waals surface area (Å²) < 4.78 is 0. The maximum absolute atomic E-state index is 8.88. The van der Waals surface area contributed by atoms with E-state index in [0.29, 0.717) is 0 Å². The molecule has 0 fully saturated rings. The molecule has 10 heavy (non-hydrogen) atoms. The van der Waals surface area contributed by atoms with E-state index in [1.807, 2.05) is 6.92 Å². The minimum atomic E-state index is -0.137. The monoisotopic (exact) mass is 141 g/mol. The van der Waals surface area contributed by atoms with E-state index in [1.165, 1.54) is 6.42 Å². The molecule has 0 bridgehead atoms. The Balaban J connectivity index is 2.83. The molecule has 0 rings (SSSR count). The van der Waals surface area contributed by atoms with Crippen molar-refractivity contribution in [3.05, 3.63) is 12.7 Å². The Kier molecular flexibility index (Phi) is 6.61. The highest BCUT2D eigenvalue weighted by Gasteiger charge is 1.93. The number of aliphatic hydroxyl groups is 1. The van der Waals surface area contributed by atoms with E-state index in [1.54, 1.807) is 6.08 Å². The second-order valence-corrected chi connectivity index (χ2v) is 2.72. The van der Waals surface area contributed by atoms with Gasteiger partial charge in [-0.2, -0.15) is 0 Å². The van der Waals surface area contributed by atoms with E-state index >= 15 is 0 Å². The fraction of sp³-hybridized carbons (Fsp3) is 0.778. The van der Waals surface area contributed by atoms with Crippen molar-refractivity contribution in [3.8, 4) is 0 Å². The molecule has 1 N–H and O–H groups in total. The highest BCUT2D eigenvalue weighted by atomic mass is 16.3. The Labute approximate surface area is 63.8 Å². The van der Waals surface area contributed by atoms with E-state index in [-0.39, 0.29) is 6.10 Å². The molecule has 0 aromatic rings. The first-order valence-corrected chi connectivity index (χ1v) is 3.99. The highest BCUT2D eigenvalue weighted by Crippen LogP contribution is 2.04. The van der Waals surface area contributed by atoms with Crippen LogP contribution in [-0.4, -0.2) is 11.2 Å². The van der Waals surface area contributed by atoms with Crippen molar-refractivity contribution < 1.29 is 5.11 Å². The molecule has 0 saturated carbocycles. The maximum atomic E-state index is 8.88. The summed E-state index contributed by atoms with van der Waals surface area (Å²) in [5, 5.41) is 8.88. The molecule has 1 nitrogen and oxygen atoms in total. The number of aliphatic hydroxyl groups excluding tert-OH is 1. The van der Waals surface area contributed by atoms with Crippen LogP contribution < -0.4 is 0 Å². The molecule has 0 spiro atoms. The Morgan fingerprint density at radius 3 is 2.60 bits per heavy atom. The van der Waals surface area contributed by atoms with Gasteiger partial charge in [-0.3, -0.25) is 0 Å². The zero-order chi connectivity index (χ0) is 7.82. The predicted octanol–water partition coefficient (Wildman–Crippen LogP) is 2.31. The van der Waals surface area contributed by atoms with Crippen molar-refractivity contribution in [1.29, 1.82) is 0 Å². The van der Waals surface area contributed by atoms with E-state index in [9.17, 15) is 0 Å². The zero-order valence-electron chi connectivity index (χ0n) is 6.71. The summed E-state index contributed by atoms with van der Waals surface area (Å²) in [4.78, 5) is 0. The molecule has 59 valence electrons. The Hall–Kier alpha value is -0.300. The molecule has 0 aliphatic carbocycles. The van der Waals surface area contributed by atoms with Gasteiger partial charge >= 0.3 is 0 Å². The van der Waals surface area contributed by atoms with E-state index in [4.69, 9.17) is 11.7 Å². The second-order valence-electron chi connectivity index (χ2n) is 2.72. The van der Waals surface area contributed by atoms with Gasteiger partial charge in [0.15, 0.2) is 0 Å². The molecule has 0 aromatic carbocycles. The van der Waals surface area contributed by atoms with E-state index in [0.717, 1.165) is 25.7 Å². The SMILES string of the molecule is [CH]=CCCCCCC(C)O. The first kappa shape index (κ1) is 9.70. The van der Waals surface area contributed by atoms with Crippen LogP contribution in [0.1, 0.15) is 39.0 Å². The molecule has 0 amide bonds. The van der Waals surface area contributed by atoms with E-state index in [2.05, 4.69) is 0 Å².